The van der Waals surface area contributed by atoms with Crippen LogP contribution < -0.4 is 22.9 Å². The molecule has 2 atom stereocenters. The lowest BCUT2D eigenvalue weighted by Gasteiger charge is -2.03. The van der Waals surface area contributed by atoms with Gasteiger partial charge >= 0.3 is 17.9 Å². The van der Waals surface area contributed by atoms with E-state index >= 15 is 0 Å². The van der Waals surface area contributed by atoms with Crippen molar-refractivity contribution in [1.82, 2.24) is 0 Å². The molecule has 11 nitrogen and oxygen atoms in total. The van der Waals surface area contributed by atoms with Crippen LogP contribution in [0.1, 0.15) is 19.3 Å². The number of carbonyl (C=O) groups is 3. The summed E-state index contributed by atoms with van der Waals surface area (Å²) in [6, 6.07) is -1.84. The number of carboxylic acid groups (broad SMARTS) is 3. The second-order valence-corrected chi connectivity index (χ2v) is 3.95. The Kier molecular flexibility index (Phi) is 19.8. The lowest BCUT2D eigenvalue weighted by Crippen LogP contribution is -2.33. The Bertz CT molecular complexity index is 315. The van der Waals surface area contributed by atoms with Gasteiger partial charge in [0.05, 0.1) is 13.2 Å². The second-order valence-electron chi connectivity index (χ2n) is 3.95. The summed E-state index contributed by atoms with van der Waals surface area (Å²) < 4.78 is 0. The molecule has 0 heterocycles. The van der Waals surface area contributed by atoms with Gasteiger partial charge in [-0.1, -0.05) is 6.42 Å². The van der Waals surface area contributed by atoms with Crippen molar-refractivity contribution in [3.05, 3.63) is 0 Å². The molecule has 0 radical (unpaired) electrons. The number of aliphatic carboxylic acids is 3. The van der Waals surface area contributed by atoms with Gasteiger partial charge in [-0.25, -0.2) is 0 Å². The van der Waals surface area contributed by atoms with Crippen LogP contribution in [0.5, 0.6) is 0 Å². The highest BCUT2D eigenvalue weighted by molar-refractivity contribution is 5.73. The van der Waals surface area contributed by atoms with Crippen molar-refractivity contribution in [3.63, 3.8) is 0 Å². The zero-order chi connectivity index (χ0) is 18.1. The number of hydrogen-bond acceptors (Lipinski definition) is 8. The van der Waals surface area contributed by atoms with Crippen molar-refractivity contribution in [3.8, 4) is 0 Å². The Labute approximate surface area is 127 Å². The smallest absolute Gasteiger partial charge is 0.322 e. The number of rotatable bonds is 8. The number of hydrogen-bond donors (Lipinski definition) is 8. The fourth-order valence-electron chi connectivity index (χ4n) is 0.710. The van der Waals surface area contributed by atoms with Crippen LogP contribution in [0.3, 0.4) is 0 Å². The van der Waals surface area contributed by atoms with E-state index in [2.05, 4.69) is 5.73 Å². The van der Waals surface area contributed by atoms with Crippen molar-refractivity contribution < 1.29 is 34.8 Å². The molecule has 0 fully saturated rings. The van der Waals surface area contributed by atoms with Gasteiger partial charge in [0.25, 0.3) is 0 Å². The van der Waals surface area contributed by atoms with E-state index < -0.39 is 36.6 Å². The molecule has 0 aromatic carbocycles. The van der Waals surface area contributed by atoms with Crippen LogP contribution in [0.4, 0.5) is 0 Å². The maximum absolute atomic E-state index is 10.1. The van der Waals surface area contributed by atoms with Crippen LogP contribution in [0, 0.1) is 0 Å². The van der Waals surface area contributed by atoms with Gasteiger partial charge in [-0.2, -0.15) is 0 Å². The van der Waals surface area contributed by atoms with Gasteiger partial charge in [0.15, 0.2) is 0 Å². The predicted octanol–water partition coefficient (Wildman–Crippen LogP) is -3.05. The first-order valence-electron chi connectivity index (χ1n) is 6.33. The van der Waals surface area contributed by atoms with E-state index in [1.54, 1.807) is 0 Å². The Hall–Kier alpha value is -1.79. The molecule has 0 saturated carbocycles. The summed E-state index contributed by atoms with van der Waals surface area (Å²) in [7, 11) is 0. The minimum Gasteiger partial charge on any atom is -0.480 e. The number of nitrogens with two attached hydrogens (primary N) is 4. The van der Waals surface area contributed by atoms with E-state index in [1.807, 2.05) is 0 Å². The minimum absolute atomic E-state index is 0.278. The molecule has 0 rings (SSSR count). The van der Waals surface area contributed by atoms with Crippen LogP contribution >= 0.6 is 0 Å². The highest BCUT2D eigenvalue weighted by Crippen LogP contribution is 1.96. The van der Waals surface area contributed by atoms with Gasteiger partial charge in [0, 0.05) is 0 Å². The van der Waals surface area contributed by atoms with E-state index in [9.17, 15) is 14.4 Å². The van der Waals surface area contributed by atoms with Crippen LogP contribution in [-0.2, 0) is 14.4 Å². The van der Waals surface area contributed by atoms with Crippen LogP contribution in [-0.4, -0.2) is 70.1 Å². The summed E-state index contributed by atoms with van der Waals surface area (Å²) in [6.07, 6.45) is 2.16. The van der Waals surface area contributed by atoms with E-state index in [0.717, 1.165) is 12.8 Å². The summed E-state index contributed by atoms with van der Waals surface area (Å²) in [5, 5.41) is 31.8. The van der Waals surface area contributed by atoms with Crippen molar-refractivity contribution in [1.29, 1.82) is 0 Å². The highest BCUT2D eigenvalue weighted by atomic mass is 16.4. The third kappa shape index (κ3) is 23.3. The molecular weight excluding hydrogens is 300 g/mol. The standard InChI is InChI=1S/C6H14N2O2.C3H7NO3.C2H5NO2/c7-4-2-1-3-5(8)6(9)10;4-2(1-5)3(6)7;3-1-2(4)5/h5H,1-4,7-8H2,(H,9,10);2,5H,1,4H2,(H,6,7);1,3H2,(H,4,5). The molecule has 0 aliphatic heterocycles. The molecule has 22 heavy (non-hydrogen) atoms. The number of unbranched alkanes of at least 4 members (excludes halogenated alkanes) is 1. The molecule has 132 valence electrons. The lowest BCUT2D eigenvalue weighted by atomic mass is 10.1. The summed E-state index contributed by atoms with van der Waals surface area (Å²) >= 11 is 0. The van der Waals surface area contributed by atoms with E-state index in [4.69, 9.17) is 37.6 Å². The SMILES string of the molecule is NC(CO)C(=O)O.NCC(=O)O.NCCCCC(N)C(=O)O. The summed E-state index contributed by atoms with van der Waals surface area (Å²) in [5.74, 6) is -3.08. The minimum atomic E-state index is -1.18. The topological polar surface area (TPSA) is 236 Å². The Morgan fingerprint density at radius 2 is 1.27 bits per heavy atom. The quantitative estimate of drug-likeness (QED) is 0.208. The van der Waals surface area contributed by atoms with E-state index in [0.29, 0.717) is 13.0 Å². The second kappa shape index (κ2) is 17.3. The summed E-state index contributed by atoms with van der Waals surface area (Å²) in [4.78, 5) is 29.0. The fourth-order valence-corrected chi connectivity index (χ4v) is 0.710. The van der Waals surface area contributed by atoms with Crippen LogP contribution in [0.2, 0.25) is 0 Å². The van der Waals surface area contributed by atoms with Crippen LogP contribution in [0.25, 0.3) is 0 Å². The first kappa shape index (κ1) is 25.2. The van der Waals surface area contributed by atoms with Crippen LogP contribution in [0.15, 0.2) is 0 Å². The van der Waals surface area contributed by atoms with Gasteiger partial charge in [0.1, 0.15) is 12.1 Å². The summed E-state index contributed by atoms with van der Waals surface area (Å²) in [6.45, 7) is -0.179. The molecule has 0 aliphatic rings. The Morgan fingerprint density at radius 3 is 1.45 bits per heavy atom. The molecule has 0 amide bonds. The summed E-state index contributed by atoms with van der Waals surface area (Å²) in [5.41, 5.74) is 19.8. The van der Waals surface area contributed by atoms with Gasteiger partial charge < -0.3 is 43.4 Å². The molecule has 12 N–H and O–H groups in total. The number of aliphatic hydroxyl groups excluding tert-OH is 1. The monoisotopic (exact) mass is 326 g/mol. The Morgan fingerprint density at radius 1 is 0.864 bits per heavy atom. The third-order valence-corrected chi connectivity index (χ3v) is 1.97. The molecular formula is C11H26N4O7. The maximum atomic E-state index is 10.1. The first-order valence-corrected chi connectivity index (χ1v) is 6.33. The highest BCUT2D eigenvalue weighted by Gasteiger charge is 2.09. The molecule has 0 spiro atoms. The largest absolute Gasteiger partial charge is 0.480 e. The fraction of sp³-hybridized carbons (Fsp3) is 0.727. The molecule has 0 aromatic heterocycles. The van der Waals surface area contributed by atoms with Gasteiger partial charge in [-0.05, 0) is 19.4 Å². The average Bonchev–Trinajstić information content (AvgIpc) is 2.47. The van der Waals surface area contributed by atoms with Crippen molar-refractivity contribution >= 4 is 17.9 Å². The molecule has 0 aliphatic carbocycles. The average molecular weight is 326 g/mol. The molecule has 0 saturated heterocycles. The molecule has 11 heteroatoms. The zero-order valence-electron chi connectivity index (χ0n) is 12.2. The van der Waals surface area contributed by atoms with Gasteiger partial charge in [0.2, 0.25) is 0 Å². The first-order chi connectivity index (χ1) is 10.1. The lowest BCUT2D eigenvalue weighted by molar-refractivity contribution is -0.140. The predicted molar refractivity (Wildman–Crippen MR) is 77.9 cm³/mol. The molecule has 0 aromatic rings. The van der Waals surface area contributed by atoms with Gasteiger partial charge in [-0.3, -0.25) is 14.4 Å². The van der Waals surface area contributed by atoms with Crippen molar-refractivity contribution in [2.45, 2.75) is 31.3 Å². The van der Waals surface area contributed by atoms with Gasteiger partial charge in [-0.15, -0.1) is 0 Å². The van der Waals surface area contributed by atoms with Crippen molar-refractivity contribution in [2.24, 2.45) is 22.9 Å². The zero-order valence-corrected chi connectivity index (χ0v) is 12.2. The maximum Gasteiger partial charge on any atom is 0.322 e. The molecule has 0 bridgehead atoms. The third-order valence-electron chi connectivity index (χ3n) is 1.97. The van der Waals surface area contributed by atoms with E-state index in [1.165, 1.54) is 0 Å². The van der Waals surface area contributed by atoms with E-state index in [-0.39, 0.29) is 6.54 Å². The molecule has 2 unspecified atom stereocenters. The Balaban J connectivity index is -0.000000263. The van der Waals surface area contributed by atoms with Crippen molar-refractivity contribution in [2.75, 3.05) is 19.7 Å². The normalized spacial score (nSPS) is 11.9. The number of carboxylic acids is 3. The number of aliphatic hydroxyl groups is 1.